The number of hydrogen-bond donors (Lipinski definition) is 2. The number of amides is 1. The van der Waals surface area contributed by atoms with Crippen LogP contribution in [0, 0.1) is 0 Å². The minimum atomic E-state index is -0.284. The summed E-state index contributed by atoms with van der Waals surface area (Å²) in [5.74, 6) is 0.438. The number of ether oxygens (including phenoxy) is 1. The van der Waals surface area contributed by atoms with Gasteiger partial charge in [-0.3, -0.25) is 10.1 Å². The normalized spacial score (nSPS) is 14.4. The number of anilines is 2. The van der Waals surface area contributed by atoms with Crippen LogP contribution in [-0.2, 0) is 0 Å². The zero-order valence-electron chi connectivity index (χ0n) is 18.2. The highest BCUT2D eigenvalue weighted by Gasteiger charge is 2.21. The van der Waals surface area contributed by atoms with E-state index in [1.54, 1.807) is 24.3 Å². The highest BCUT2D eigenvalue weighted by atomic mass is 35.5. The van der Waals surface area contributed by atoms with Crippen LogP contribution in [0.2, 0.25) is 5.02 Å². The molecule has 1 aliphatic rings. The largest absolute Gasteiger partial charge is 0.491 e. The van der Waals surface area contributed by atoms with Crippen molar-refractivity contribution in [2.24, 2.45) is 0 Å². The van der Waals surface area contributed by atoms with E-state index in [2.05, 4.69) is 27.4 Å². The van der Waals surface area contributed by atoms with Crippen molar-refractivity contribution in [3.05, 3.63) is 53.1 Å². The molecule has 1 saturated heterocycles. The van der Waals surface area contributed by atoms with Crippen molar-refractivity contribution < 1.29 is 9.53 Å². The van der Waals surface area contributed by atoms with Gasteiger partial charge >= 0.3 is 0 Å². The fourth-order valence-corrected chi connectivity index (χ4v) is 4.01. The predicted octanol–water partition coefficient (Wildman–Crippen LogP) is 4.40. The smallest absolute Gasteiger partial charge is 0.257 e. The molecule has 0 atom stereocenters. The molecule has 1 amide bonds. The average Bonchev–Trinajstić information content (AvgIpc) is 2.74. The van der Waals surface area contributed by atoms with Crippen molar-refractivity contribution in [3.63, 3.8) is 0 Å². The van der Waals surface area contributed by atoms with Crippen LogP contribution in [0.1, 0.15) is 31.1 Å². The van der Waals surface area contributed by atoms with Gasteiger partial charge in [0.05, 0.1) is 22.5 Å². The fourth-order valence-electron chi connectivity index (χ4n) is 3.51. The zero-order chi connectivity index (χ0) is 22.4. The molecule has 0 aliphatic carbocycles. The van der Waals surface area contributed by atoms with Gasteiger partial charge in [0.25, 0.3) is 5.91 Å². The van der Waals surface area contributed by atoms with Crippen molar-refractivity contribution in [2.75, 3.05) is 42.9 Å². The van der Waals surface area contributed by atoms with Crippen LogP contribution in [0.25, 0.3) is 0 Å². The lowest BCUT2D eigenvalue weighted by atomic mass is 10.2. The Balaban J connectivity index is 1.65. The number of rotatable bonds is 6. The van der Waals surface area contributed by atoms with Gasteiger partial charge in [0, 0.05) is 31.7 Å². The summed E-state index contributed by atoms with van der Waals surface area (Å²) in [6.07, 6.45) is 0.0771. The number of hydrogen-bond acceptors (Lipinski definition) is 5. The molecular formula is C23H29ClN4O2S. The molecule has 2 N–H and O–H groups in total. The van der Waals surface area contributed by atoms with Crippen molar-refractivity contribution in [1.82, 2.24) is 10.2 Å². The van der Waals surface area contributed by atoms with Crippen LogP contribution in [0.3, 0.4) is 0 Å². The van der Waals surface area contributed by atoms with E-state index < -0.39 is 0 Å². The minimum absolute atomic E-state index is 0.0771. The van der Waals surface area contributed by atoms with Crippen molar-refractivity contribution in [3.8, 4) is 5.75 Å². The highest BCUT2D eigenvalue weighted by Crippen LogP contribution is 2.34. The van der Waals surface area contributed by atoms with E-state index in [0.29, 0.717) is 10.6 Å². The van der Waals surface area contributed by atoms with Crippen LogP contribution in [-0.4, -0.2) is 54.7 Å². The van der Waals surface area contributed by atoms with Gasteiger partial charge in [0.2, 0.25) is 0 Å². The summed E-state index contributed by atoms with van der Waals surface area (Å²) in [6.45, 7) is 10.9. The molecule has 8 heteroatoms. The van der Waals surface area contributed by atoms with Gasteiger partial charge in [-0.15, -0.1) is 0 Å². The molecule has 0 radical (unpaired) electrons. The van der Waals surface area contributed by atoms with Gasteiger partial charge < -0.3 is 19.9 Å². The number of carbonyl (C=O) groups is 1. The number of nitrogens with one attached hydrogen (secondary N) is 2. The second-order valence-corrected chi connectivity index (χ2v) is 8.47. The molecule has 0 spiro atoms. The zero-order valence-corrected chi connectivity index (χ0v) is 19.7. The number of carbonyl (C=O) groups excluding carboxylic acids is 1. The first-order valence-electron chi connectivity index (χ1n) is 10.5. The summed E-state index contributed by atoms with van der Waals surface area (Å²) in [5.41, 5.74) is 2.19. The maximum Gasteiger partial charge on any atom is 0.257 e. The molecule has 166 valence electrons. The van der Waals surface area contributed by atoms with E-state index in [1.807, 2.05) is 32.0 Å². The van der Waals surface area contributed by atoms with E-state index >= 15 is 0 Å². The van der Waals surface area contributed by atoms with Crippen LogP contribution in [0.5, 0.6) is 5.75 Å². The lowest BCUT2D eigenvalue weighted by molar-refractivity contribution is 0.0977. The van der Waals surface area contributed by atoms with Crippen LogP contribution in [0.15, 0.2) is 42.5 Å². The van der Waals surface area contributed by atoms with E-state index in [4.69, 9.17) is 28.6 Å². The van der Waals surface area contributed by atoms with E-state index in [-0.39, 0.29) is 17.1 Å². The molecule has 0 aromatic heterocycles. The van der Waals surface area contributed by atoms with Gasteiger partial charge in [-0.05, 0) is 69.0 Å². The van der Waals surface area contributed by atoms with E-state index in [9.17, 15) is 4.79 Å². The van der Waals surface area contributed by atoms with Crippen LogP contribution in [0.4, 0.5) is 11.4 Å². The number of para-hydroxylation sites is 1. The third-order valence-corrected chi connectivity index (χ3v) is 5.60. The Hall–Kier alpha value is -2.35. The number of likely N-dealkylation sites (N-methyl/N-ethyl adjacent to an activating group) is 1. The van der Waals surface area contributed by atoms with Crippen molar-refractivity contribution in [1.29, 1.82) is 0 Å². The third-order valence-electron chi connectivity index (χ3n) is 5.09. The van der Waals surface area contributed by atoms with Crippen LogP contribution < -0.4 is 20.3 Å². The maximum absolute atomic E-state index is 12.6. The molecule has 2 aromatic rings. The first-order chi connectivity index (χ1) is 14.9. The second kappa shape index (κ2) is 10.8. The Morgan fingerprint density at radius 3 is 2.42 bits per heavy atom. The molecule has 31 heavy (non-hydrogen) atoms. The number of piperazine rings is 1. The molecule has 0 saturated carbocycles. The molecule has 0 bridgehead atoms. The molecule has 3 rings (SSSR count). The molecule has 1 heterocycles. The summed E-state index contributed by atoms with van der Waals surface area (Å²) >= 11 is 11.9. The standard InChI is InChI=1S/C23H29ClN4O2S/c1-4-27-12-14-28(15-13-27)21-19(24)6-5-7-20(21)25-23(31)26-22(29)17-8-10-18(11-9-17)30-16(2)3/h5-11,16H,4,12-15H2,1-3H3,(H2,25,26,29,31). The molecule has 0 unspecified atom stereocenters. The highest BCUT2D eigenvalue weighted by molar-refractivity contribution is 7.80. The van der Waals surface area contributed by atoms with Crippen LogP contribution >= 0.6 is 23.8 Å². The Morgan fingerprint density at radius 1 is 1.13 bits per heavy atom. The molecular weight excluding hydrogens is 432 g/mol. The number of halogens is 1. The molecule has 1 aliphatic heterocycles. The predicted molar refractivity (Wildman–Crippen MR) is 132 cm³/mol. The maximum atomic E-state index is 12.6. The SMILES string of the molecule is CCN1CCN(c2c(Cl)cccc2NC(=S)NC(=O)c2ccc(OC(C)C)cc2)CC1. The van der Waals surface area contributed by atoms with E-state index in [0.717, 1.165) is 49.8 Å². The Bertz CT molecular complexity index is 912. The average molecular weight is 461 g/mol. The summed E-state index contributed by atoms with van der Waals surface area (Å²) in [4.78, 5) is 17.2. The molecule has 1 fully saturated rings. The number of benzene rings is 2. The van der Waals surface area contributed by atoms with Gasteiger partial charge in [-0.1, -0.05) is 24.6 Å². The van der Waals surface area contributed by atoms with Crippen molar-refractivity contribution in [2.45, 2.75) is 26.9 Å². The second-order valence-electron chi connectivity index (χ2n) is 7.66. The fraction of sp³-hybridized carbons (Fsp3) is 0.391. The van der Waals surface area contributed by atoms with Crippen molar-refractivity contribution >= 4 is 46.2 Å². The summed E-state index contributed by atoms with van der Waals surface area (Å²) in [6, 6.07) is 12.6. The monoisotopic (exact) mass is 460 g/mol. The number of nitrogens with zero attached hydrogens (tertiary/aromatic N) is 2. The lowest BCUT2D eigenvalue weighted by Crippen LogP contribution is -2.46. The quantitative estimate of drug-likeness (QED) is 0.623. The first kappa shape index (κ1) is 23.3. The Labute approximate surface area is 194 Å². The van der Waals surface area contributed by atoms with Gasteiger partial charge in [0.1, 0.15) is 5.75 Å². The Kier molecular flexibility index (Phi) is 8.12. The van der Waals surface area contributed by atoms with E-state index in [1.165, 1.54) is 0 Å². The third kappa shape index (κ3) is 6.32. The Morgan fingerprint density at radius 2 is 1.81 bits per heavy atom. The molecule has 6 nitrogen and oxygen atoms in total. The lowest BCUT2D eigenvalue weighted by Gasteiger charge is -2.37. The van der Waals surface area contributed by atoms with Gasteiger partial charge in [-0.2, -0.15) is 0 Å². The number of thiocarbonyl (C=S) groups is 1. The molecule has 2 aromatic carbocycles. The summed E-state index contributed by atoms with van der Waals surface area (Å²) in [7, 11) is 0. The summed E-state index contributed by atoms with van der Waals surface area (Å²) < 4.78 is 5.61. The van der Waals surface area contributed by atoms with Gasteiger partial charge in [0.15, 0.2) is 5.11 Å². The first-order valence-corrected chi connectivity index (χ1v) is 11.3. The minimum Gasteiger partial charge on any atom is -0.491 e. The topological polar surface area (TPSA) is 56.8 Å². The summed E-state index contributed by atoms with van der Waals surface area (Å²) in [5, 5.41) is 6.77. The van der Waals surface area contributed by atoms with Gasteiger partial charge in [-0.25, -0.2) is 0 Å².